The van der Waals surface area contributed by atoms with Crippen LogP contribution in [0.1, 0.15) is 53.3 Å². The molecule has 1 N–H and O–H groups in total. The Bertz CT molecular complexity index is 892. The molecule has 6 heteroatoms. The van der Waals surface area contributed by atoms with Crippen molar-refractivity contribution < 1.29 is 4.79 Å². The van der Waals surface area contributed by atoms with E-state index in [1.165, 1.54) is 5.56 Å². The van der Waals surface area contributed by atoms with Crippen LogP contribution in [0.2, 0.25) is 0 Å². The van der Waals surface area contributed by atoms with E-state index in [1.807, 2.05) is 36.1 Å². The maximum absolute atomic E-state index is 12.6. The molecule has 0 spiro atoms. The van der Waals surface area contributed by atoms with Gasteiger partial charge in [-0.15, -0.1) is 0 Å². The molecule has 3 aromatic rings. The fraction of sp³-hybridized carbons (Fsp3) is 0.316. The second-order valence-electron chi connectivity index (χ2n) is 6.63. The normalized spacial score (nSPS) is 15.1. The van der Waals surface area contributed by atoms with Crippen LogP contribution in [0.25, 0.3) is 0 Å². The van der Waals surface area contributed by atoms with Crippen LogP contribution >= 0.6 is 0 Å². The van der Waals surface area contributed by atoms with Gasteiger partial charge in [-0.3, -0.25) is 14.2 Å². The van der Waals surface area contributed by atoms with Gasteiger partial charge in [-0.1, -0.05) is 30.3 Å². The number of aryl methyl sites for hydroxylation is 1. The van der Waals surface area contributed by atoms with Crippen molar-refractivity contribution >= 4 is 11.6 Å². The van der Waals surface area contributed by atoms with E-state index in [0.29, 0.717) is 17.2 Å². The first-order valence-electron chi connectivity index (χ1n) is 8.56. The van der Waals surface area contributed by atoms with Crippen LogP contribution in [0.4, 0.5) is 5.69 Å². The Morgan fingerprint density at radius 3 is 2.72 bits per heavy atom. The molecule has 0 aliphatic heterocycles. The number of hydrogen-bond donors (Lipinski definition) is 1. The molecular formula is C19H21N5O. The van der Waals surface area contributed by atoms with Crippen molar-refractivity contribution in [3.8, 4) is 0 Å². The Morgan fingerprint density at radius 1 is 1.24 bits per heavy atom. The summed E-state index contributed by atoms with van der Waals surface area (Å²) in [6.45, 7) is 2.08. The molecule has 1 saturated carbocycles. The standard InChI is InChI=1S/C19H21N5O/c1-13(14-6-4-3-5-7-14)24-11-16(10-20-24)21-19(25)17-12-23(2)22-18(17)15-8-9-15/h3-7,10-13,15H,8-9H2,1-2H3,(H,21,25). The lowest BCUT2D eigenvalue weighted by Crippen LogP contribution is -2.13. The minimum atomic E-state index is -0.123. The second-order valence-corrected chi connectivity index (χ2v) is 6.63. The number of carbonyl (C=O) groups is 1. The van der Waals surface area contributed by atoms with Crippen LogP contribution in [0.3, 0.4) is 0 Å². The number of benzene rings is 1. The van der Waals surface area contributed by atoms with Gasteiger partial charge in [0.2, 0.25) is 0 Å². The quantitative estimate of drug-likeness (QED) is 0.777. The largest absolute Gasteiger partial charge is 0.319 e. The van der Waals surface area contributed by atoms with Crippen LogP contribution in [-0.2, 0) is 7.05 Å². The summed E-state index contributed by atoms with van der Waals surface area (Å²) in [4.78, 5) is 12.6. The third-order valence-corrected chi connectivity index (χ3v) is 4.60. The molecule has 0 radical (unpaired) electrons. The van der Waals surface area contributed by atoms with Gasteiger partial charge < -0.3 is 5.32 Å². The monoisotopic (exact) mass is 335 g/mol. The summed E-state index contributed by atoms with van der Waals surface area (Å²) in [7, 11) is 1.85. The molecule has 1 amide bonds. The van der Waals surface area contributed by atoms with E-state index in [9.17, 15) is 4.79 Å². The molecule has 0 bridgehead atoms. The molecule has 2 heterocycles. The summed E-state index contributed by atoms with van der Waals surface area (Å²) >= 11 is 0. The highest BCUT2D eigenvalue weighted by molar-refractivity contribution is 6.05. The van der Waals surface area contributed by atoms with Gasteiger partial charge in [0.1, 0.15) is 0 Å². The average Bonchev–Trinajstić information content (AvgIpc) is 3.24. The van der Waals surface area contributed by atoms with Crippen molar-refractivity contribution in [1.29, 1.82) is 0 Å². The maximum Gasteiger partial charge on any atom is 0.259 e. The van der Waals surface area contributed by atoms with Gasteiger partial charge in [-0.25, -0.2) is 0 Å². The van der Waals surface area contributed by atoms with E-state index in [-0.39, 0.29) is 11.9 Å². The van der Waals surface area contributed by atoms with E-state index in [0.717, 1.165) is 18.5 Å². The number of carbonyl (C=O) groups excluding carboxylic acids is 1. The van der Waals surface area contributed by atoms with Gasteiger partial charge in [-0.2, -0.15) is 10.2 Å². The van der Waals surface area contributed by atoms with E-state index in [1.54, 1.807) is 17.1 Å². The van der Waals surface area contributed by atoms with Crippen LogP contribution in [0.5, 0.6) is 0 Å². The Labute approximate surface area is 146 Å². The molecule has 1 unspecified atom stereocenters. The molecule has 6 nitrogen and oxygen atoms in total. The molecule has 25 heavy (non-hydrogen) atoms. The van der Waals surface area contributed by atoms with Crippen molar-refractivity contribution in [3.05, 3.63) is 65.7 Å². The highest BCUT2D eigenvalue weighted by atomic mass is 16.1. The Balaban J connectivity index is 1.50. The third kappa shape index (κ3) is 3.20. The van der Waals surface area contributed by atoms with Crippen molar-refractivity contribution in [3.63, 3.8) is 0 Å². The molecule has 2 aromatic heterocycles. The molecule has 1 aliphatic carbocycles. The van der Waals surface area contributed by atoms with Crippen LogP contribution < -0.4 is 5.32 Å². The summed E-state index contributed by atoms with van der Waals surface area (Å²) in [5.41, 5.74) is 3.43. The number of aromatic nitrogens is 4. The van der Waals surface area contributed by atoms with Crippen molar-refractivity contribution in [2.75, 3.05) is 5.32 Å². The van der Waals surface area contributed by atoms with E-state index in [4.69, 9.17) is 0 Å². The zero-order valence-corrected chi connectivity index (χ0v) is 14.4. The van der Waals surface area contributed by atoms with Gasteiger partial charge in [-0.05, 0) is 25.3 Å². The zero-order chi connectivity index (χ0) is 17.4. The van der Waals surface area contributed by atoms with Gasteiger partial charge in [0.15, 0.2) is 0 Å². The fourth-order valence-corrected chi connectivity index (χ4v) is 3.04. The summed E-state index contributed by atoms with van der Waals surface area (Å²) in [5, 5.41) is 11.8. The highest BCUT2D eigenvalue weighted by Crippen LogP contribution is 2.40. The molecule has 1 aliphatic rings. The topological polar surface area (TPSA) is 64.7 Å². The lowest BCUT2D eigenvalue weighted by molar-refractivity contribution is 0.102. The average molecular weight is 335 g/mol. The van der Waals surface area contributed by atoms with Crippen molar-refractivity contribution in [1.82, 2.24) is 19.6 Å². The first kappa shape index (κ1) is 15.6. The lowest BCUT2D eigenvalue weighted by atomic mass is 10.1. The number of nitrogens with zero attached hydrogens (tertiary/aromatic N) is 4. The molecule has 0 saturated heterocycles. The molecular weight excluding hydrogens is 314 g/mol. The van der Waals surface area contributed by atoms with Gasteiger partial charge in [0.25, 0.3) is 5.91 Å². The van der Waals surface area contributed by atoms with Gasteiger partial charge >= 0.3 is 0 Å². The summed E-state index contributed by atoms with van der Waals surface area (Å²) < 4.78 is 3.57. The molecule has 128 valence electrons. The number of anilines is 1. The van der Waals surface area contributed by atoms with Crippen molar-refractivity contribution in [2.45, 2.75) is 31.7 Å². The first-order chi connectivity index (χ1) is 12.1. The Kier molecular flexibility index (Phi) is 3.87. The number of amides is 1. The summed E-state index contributed by atoms with van der Waals surface area (Å²) in [6.07, 6.45) is 7.57. The summed E-state index contributed by atoms with van der Waals surface area (Å²) in [6, 6.07) is 10.3. The second kappa shape index (κ2) is 6.20. The highest BCUT2D eigenvalue weighted by Gasteiger charge is 2.31. The molecule has 1 fully saturated rings. The fourth-order valence-electron chi connectivity index (χ4n) is 3.04. The van der Waals surface area contributed by atoms with E-state index >= 15 is 0 Å². The van der Waals surface area contributed by atoms with Gasteiger partial charge in [0, 0.05) is 25.4 Å². The SMILES string of the molecule is CC(c1ccccc1)n1cc(NC(=O)c2cn(C)nc2C2CC2)cn1. The van der Waals surface area contributed by atoms with E-state index < -0.39 is 0 Å². The van der Waals surface area contributed by atoms with Crippen molar-refractivity contribution in [2.24, 2.45) is 7.05 Å². The summed E-state index contributed by atoms with van der Waals surface area (Å²) in [5.74, 6) is 0.310. The minimum Gasteiger partial charge on any atom is -0.319 e. The predicted molar refractivity (Wildman–Crippen MR) is 95.6 cm³/mol. The lowest BCUT2D eigenvalue weighted by Gasteiger charge is -2.12. The zero-order valence-electron chi connectivity index (χ0n) is 14.4. The number of rotatable bonds is 5. The molecule has 1 atom stereocenters. The van der Waals surface area contributed by atoms with Gasteiger partial charge in [0.05, 0.1) is 29.2 Å². The van der Waals surface area contributed by atoms with Crippen LogP contribution in [0.15, 0.2) is 48.9 Å². The van der Waals surface area contributed by atoms with Crippen LogP contribution in [0, 0.1) is 0 Å². The molecule has 1 aromatic carbocycles. The molecule has 4 rings (SSSR count). The van der Waals surface area contributed by atoms with E-state index in [2.05, 4.69) is 34.6 Å². The maximum atomic E-state index is 12.6. The Hall–Kier alpha value is -2.89. The number of nitrogens with one attached hydrogen (secondary N) is 1. The predicted octanol–water partition coefficient (Wildman–Crippen LogP) is 3.36. The third-order valence-electron chi connectivity index (χ3n) is 4.60. The minimum absolute atomic E-state index is 0.104. The first-order valence-corrected chi connectivity index (χ1v) is 8.56. The number of hydrogen-bond acceptors (Lipinski definition) is 3. The van der Waals surface area contributed by atoms with Crippen LogP contribution in [-0.4, -0.2) is 25.5 Å². The smallest absolute Gasteiger partial charge is 0.259 e. The Morgan fingerprint density at radius 2 is 2.00 bits per heavy atom.